The lowest BCUT2D eigenvalue weighted by atomic mass is 9.87. The molecule has 2 amide bonds. The third kappa shape index (κ3) is 8.21. The minimum absolute atomic E-state index is 0.0480. The number of benzene rings is 2. The van der Waals surface area contributed by atoms with E-state index in [2.05, 4.69) is 4.74 Å². The Morgan fingerprint density at radius 3 is 2.24 bits per heavy atom. The summed E-state index contributed by atoms with van der Waals surface area (Å²) in [4.78, 5) is 27.3. The molecule has 0 bridgehead atoms. The molecular formula is C28H31ClF6N2O5. The summed E-state index contributed by atoms with van der Waals surface area (Å²) < 4.78 is 89.1. The quantitative estimate of drug-likeness (QED) is 0.252. The number of carbonyl (C=O) groups excluding carboxylic acids is 2. The van der Waals surface area contributed by atoms with Crippen LogP contribution in [0.25, 0.3) is 0 Å². The Morgan fingerprint density at radius 1 is 1.00 bits per heavy atom. The van der Waals surface area contributed by atoms with E-state index in [9.17, 15) is 41.0 Å². The van der Waals surface area contributed by atoms with Crippen LogP contribution in [0.2, 0.25) is 5.02 Å². The van der Waals surface area contributed by atoms with Gasteiger partial charge in [-0.25, -0.2) is 0 Å². The molecule has 0 spiro atoms. The van der Waals surface area contributed by atoms with Crippen molar-refractivity contribution in [3.8, 4) is 11.5 Å². The Kier molecular flexibility index (Phi) is 10.6. The number of halogens is 7. The Bertz CT molecular complexity index is 1250. The smallest absolute Gasteiger partial charge is 0.494 e. The van der Waals surface area contributed by atoms with Gasteiger partial charge in [-0.15, -0.1) is 13.2 Å². The van der Waals surface area contributed by atoms with Crippen LogP contribution in [-0.4, -0.2) is 73.1 Å². The van der Waals surface area contributed by atoms with E-state index in [1.54, 1.807) is 32.3 Å². The second-order valence-corrected chi connectivity index (χ2v) is 10.6. The van der Waals surface area contributed by atoms with Crippen LogP contribution in [0.4, 0.5) is 26.3 Å². The van der Waals surface area contributed by atoms with Crippen molar-refractivity contribution in [3.63, 3.8) is 0 Å². The molecule has 0 aliphatic carbocycles. The minimum atomic E-state index is -5.50. The number of carbonyl (C=O) groups is 2. The molecule has 1 N–H and O–H groups in total. The average Bonchev–Trinajstić information content (AvgIpc) is 2.90. The van der Waals surface area contributed by atoms with Gasteiger partial charge in [0.05, 0.1) is 17.2 Å². The first-order chi connectivity index (χ1) is 19.5. The normalized spacial score (nSPS) is 16.1. The predicted molar refractivity (Wildman–Crippen MR) is 141 cm³/mol. The number of likely N-dealkylation sites (tertiary alicyclic amines) is 1. The summed E-state index contributed by atoms with van der Waals surface area (Å²) in [6.07, 6.45) is -7.70. The maximum atomic E-state index is 14.0. The van der Waals surface area contributed by atoms with Crippen molar-refractivity contribution >= 4 is 23.4 Å². The van der Waals surface area contributed by atoms with Crippen LogP contribution in [0, 0.1) is 5.92 Å². The zero-order valence-corrected chi connectivity index (χ0v) is 23.7. The van der Waals surface area contributed by atoms with Crippen LogP contribution in [-0.2, 0) is 10.4 Å². The van der Waals surface area contributed by atoms with Gasteiger partial charge in [0.1, 0.15) is 11.5 Å². The summed E-state index contributed by atoms with van der Waals surface area (Å²) in [7, 11) is 3.24. The standard InChI is InChI=1S/C28H31ClF6N2O5/c1-36(2)24(38)22-10-9-20(17-23(22)29)41-15-4-3-6-18-11-13-37(14-12-18)25(39)26(40,27(30,31)32)19-7-5-8-21(16-19)42-28(33,34)35/h5,7-10,16-18,40H,3-4,6,11-15H2,1-2H3/t26-/m1/s1. The second-order valence-electron chi connectivity index (χ2n) is 10.2. The molecule has 7 nitrogen and oxygen atoms in total. The maximum absolute atomic E-state index is 14.0. The van der Waals surface area contributed by atoms with Crippen LogP contribution in [0.5, 0.6) is 11.5 Å². The molecule has 42 heavy (non-hydrogen) atoms. The van der Waals surface area contributed by atoms with Crippen molar-refractivity contribution in [1.29, 1.82) is 0 Å². The predicted octanol–water partition coefficient (Wildman–Crippen LogP) is 6.18. The number of hydrogen-bond acceptors (Lipinski definition) is 5. The Labute approximate surface area is 243 Å². The first kappa shape index (κ1) is 33.3. The molecule has 0 aromatic heterocycles. The highest BCUT2D eigenvalue weighted by Crippen LogP contribution is 2.42. The van der Waals surface area contributed by atoms with Crippen LogP contribution < -0.4 is 9.47 Å². The lowest BCUT2D eigenvalue weighted by Crippen LogP contribution is -2.57. The molecule has 1 heterocycles. The van der Waals surface area contributed by atoms with Crippen molar-refractivity contribution in [2.45, 2.75) is 50.2 Å². The monoisotopic (exact) mass is 624 g/mol. The molecule has 1 aliphatic rings. The van der Waals surface area contributed by atoms with Crippen molar-refractivity contribution in [2.24, 2.45) is 5.92 Å². The largest absolute Gasteiger partial charge is 0.573 e. The molecule has 1 atom stereocenters. The van der Waals surface area contributed by atoms with Gasteiger partial charge in [0, 0.05) is 32.7 Å². The van der Waals surface area contributed by atoms with Gasteiger partial charge in [-0.3, -0.25) is 9.59 Å². The minimum Gasteiger partial charge on any atom is -0.494 e. The van der Waals surface area contributed by atoms with Crippen LogP contribution >= 0.6 is 11.6 Å². The molecule has 232 valence electrons. The highest BCUT2D eigenvalue weighted by Gasteiger charge is 2.62. The number of hydrogen-bond donors (Lipinski definition) is 1. The first-order valence-electron chi connectivity index (χ1n) is 13.1. The van der Waals surface area contributed by atoms with Crippen LogP contribution in [0.1, 0.15) is 48.0 Å². The molecule has 2 aromatic rings. The lowest BCUT2D eigenvalue weighted by Gasteiger charge is -2.38. The van der Waals surface area contributed by atoms with Gasteiger partial charge in [-0.05, 0) is 61.9 Å². The van der Waals surface area contributed by atoms with Gasteiger partial charge in [0.2, 0.25) is 0 Å². The molecule has 3 rings (SSSR count). The van der Waals surface area contributed by atoms with E-state index in [0.717, 1.165) is 35.9 Å². The fraction of sp³-hybridized carbons (Fsp3) is 0.500. The van der Waals surface area contributed by atoms with Gasteiger partial charge in [0.15, 0.2) is 0 Å². The van der Waals surface area contributed by atoms with Crippen LogP contribution in [0.3, 0.4) is 0 Å². The molecule has 1 saturated heterocycles. The lowest BCUT2D eigenvalue weighted by molar-refractivity contribution is -0.274. The summed E-state index contributed by atoms with van der Waals surface area (Å²) >= 11 is 6.18. The van der Waals surface area contributed by atoms with Gasteiger partial charge in [-0.2, -0.15) is 13.2 Å². The number of ether oxygens (including phenoxy) is 2. The number of amides is 2. The Morgan fingerprint density at radius 2 is 1.67 bits per heavy atom. The second kappa shape index (κ2) is 13.4. The number of rotatable bonds is 10. The molecule has 0 unspecified atom stereocenters. The molecular weight excluding hydrogens is 594 g/mol. The number of unbranched alkanes of at least 4 members (excludes halogenated alkanes) is 1. The molecule has 1 fully saturated rings. The summed E-state index contributed by atoms with van der Waals surface area (Å²) in [5.41, 5.74) is -4.75. The summed E-state index contributed by atoms with van der Waals surface area (Å²) in [6, 6.07) is 7.50. The van der Waals surface area contributed by atoms with Crippen molar-refractivity contribution in [2.75, 3.05) is 33.8 Å². The third-order valence-electron chi connectivity index (χ3n) is 6.96. The van der Waals surface area contributed by atoms with Crippen molar-refractivity contribution in [3.05, 3.63) is 58.6 Å². The zero-order chi connectivity index (χ0) is 31.3. The fourth-order valence-electron chi connectivity index (χ4n) is 4.71. The van der Waals surface area contributed by atoms with Crippen molar-refractivity contribution in [1.82, 2.24) is 9.80 Å². The van der Waals surface area contributed by atoms with Gasteiger partial charge in [-0.1, -0.05) is 30.2 Å². The molecule has 14 heteroatoms. The highest BCUT2D eigenvalue weighted by molar-refractivity contribution is 6.34. The third-order valence-corrected chi connectivity index (χ3v) is 7.27. The van der Waals surface area contributed by atoms with E-state index in [-0.39, 0.29) is 29.9 Å². The Balaban J connectivity index is 1.51. The molecule has 1 aliphatic heterocycles. The molecule has 2 aromatic carbocycles. The van der Waals surface area contributed by atoms with E-state index in [4.69, 9.17) is 16.3 Å². The van der Waals surface area contributed by atoms with Gasteiger partial charge in [0.25, 0.3) is 17.4 Å². The van der Waals surface area contributed by atoms with E-state index in [1.165, 1.54) is 4.90 Å². The van der Waals surface area contributed by atoms with E-state index in [1.807, 2.05) is 0 Å². The van der Waals surface area contributed by atoms with Crippen molar-refractivity contribution < 1.29 is 50.5 Å². The average molecular weight is 625 g/mol. The van der Waals surface area contributed by atoms with Gasteiger partial charge >= 0.3 is 12.5 Å². The number of nitrogens with zero attached hydrogens (tertiary/aromatic N) is 2. The summed E-state index contributed by atoms with van der Waals surface area (Å²) in [6.45, 7) is 0.283. The van der Waals surface area contributed by atoms with E-state index >= 15 is 0 Å². The zero-order valence-electron chi connectivity index (χ0n) is 22.9. The highest BCUT2D eigenvalue weighted by atomic mass is 35.5. The molecule has 0 saturated carbocycles. The Hall–Kier alpha value is -3.19. The van der Waals surface area contributed by atoms with Crippen LogP contribution in [0.15, 0.2) is 42.5 Å². The SMILES string of the molecule is CN(C)C(=O)c1ccc(OCCCCC2CCN(C(=O)[C@](O)(c3cccc(OC(F)(F)F)c3)C(F)(F)F)CC2)cc1Cl. The number of piperidine rings is 1. The van der Waals surface area contributed by atoms with E-state index < -0.39 is 35.4 Å². The topological polar surface area (TPSA) is 79.3 Å². The molecule has 0 radical (unpaired) electrons. The summed E-state index contributed by atoms with van der Waals surface area (Å²) in [5.74, 6) is -2.23. The fourth-order valence-corrected chi connectivity index (χ4v) is 4.96. The number of alkyl halides is 6. The van der Waals surface area contributed by atoms with Gasteiger partial charge < -0.3 is 24.4 Å². The van der Waals surface area contributed by atoms with E-state index in [0.29, 0.717) is 43.2 Å². The maximum Gasteiger partial charge on any atom is 0.573 e. The number of aliphatic hydroxyl groups is 1. The summed E-state index contributed by atoms with van der Waals surface area (Å²) in [5, 5.41) is 10.9. The first-order valence-corrected chi connectivity index (χ1v) is 13.5.